The first-order chi connectivity index (χ1) is 17.8. The number of carbonyl (C=O) groups is 1. The third kappa shape index (κ3) is 30.5. The second-order valence-electron chi connectivity index (χ2n) is 10.1. The number of hydrogen-bond donors (Lipinski definition) is 0. The second-order valence-corrected chi connectivity index (χ2v) is 10.1. The number of unbranched alkanes of at least 4 members (excludes halogenated alkanes) is 17. The number of rotatable bonds is 27. The molecule has 0 saturated heterocycles. The maximum Gasteiger partial charge on any atom is 0.305 e. The Hall–Kier alpha value is -1.57. The molecule has 0 atom stereocenters. The number of carbonyl (C=O) groups excluding carboxylic acids is 1. The molecule has 0 fully saturated rings. The Morgan fingerprint density at radius 2 is 0.833 bits per heavy atom. The molecule has 0 radical (unpaired) electrons. The summed E-state index contributed by atoms with van der Waals surface area (Å²) < 4.78 is 5.41. The molecule has 2 nitrogen and oxygen atoms in total. The highest BCUT2D eigenvalue weighted by atomic mass is 16.5. The standard InChI is InChI=1S/C34H60O2/c1-3-5-7-9-11-13-15-17-19-20-22-24-26-28-30-32-34(35)36-33-31-29-27-25-23-21-18-16-14-12-10-8-6-4-2/h7-14H,3-6,15-33H2,1-2H3/b9-7+,10-8+,13-11+,14-12+. The Morgan fingerprint density at radius 1 is 0.472 bits per heavy atom. The first-order valence-corrected chi connectivity index (χ1v) is 15.6. The highest BCUT2D eigenvalue weighted by Crippen LogP contribution is 2.12. The van der Waals surface area contributed by atoms with Gasteiger partial charge in [-0.15, -0.1) is 0 Å². The Labute approximate surface area is 225 Å². The molecule has 0 N–H and O–H groups in total. The van der Waals surface area contributed by atoms with E-state index in [1.54, 1.807) is 0 Å². The second kappa shape index (κ2) is 31.5. The monoisotopic (exact) mass is 500 g/mol. The van der Waals surface area contributed by atoms with E-state index in [4.69, 9.17) is 4.74 Å². The quantitative estimate of drug-likeness (QED) is 0.0636. The Kier molecular flexibility index (Phi) is 30.1. The minimum atomic E-state index is 0.00480. The molecule has 0 heterocycles. The van der Waals surface area contributed by atoms with Crippen LogP contribution in [0, 0.1) is 0 Å². The molecular weight excluding hydrogens is 440 g/mol. The van der Waals surface area contributed by atoms with Gasteiger partial charge in [0.05, 0.1) is 6.61 Å². The first kappa shape index (κ1) is 34.4. The van der Waals surface area contributed by atoms with E-state index in [0.29, 0.717) is 13.0 Å². The van der Waals surface area contributed by atoms with Gasteiger partial charge in [-0.3, -0.25) is 4.79 Å². The topological polar surface area (TPSA) is 26.3 Å². The van der Waals surface area contributed by atoms with Crippen molar-refractivity contribution in [2.75, 3.05) is 6.61 Å². The molecule has 0 rings (SSSR count). The van der Waals surface area contributed by atoms with E-state index in [0.717, 1.165) is 19.3 Å². The number of hydrogen-bond acceptors (Lipinski definition) is 2. The van der Waals surface area contributed by atoms with E-state index < -0.39 is 0 Å². The lowest BCUT2D eigenvalue weighted by Gasteiger charge is -2.05. The van der Waals surface area contributed by atoms with Crippen molar-refractivity contribution in [3.63, 3.8) is 0 Å². The Balaban J connectivity index is 3.25. The third-order valence-electron chi connectivity index (χ3n) is 6.46. The van der Waals surface area contributed by atoms with Gasteiger partial charge in [0.25, 0.3) is 0 Å². The van der Waals surface area contributed by atoms with Crippen LogP contribution < -0.4 is 0 Å². The molecule has 36 heavy (non-hydrogen) atoms. The SMILES string of the molecule is CCC/C=C/C=C/CCCCCCCCCCC(=O)OCCCCCCCCC/C=C/C=C/CCC. The molecule has 0 bridgehead atoms. The summed E-state index contributed by atoms with van der Waals surface area (Å²) in [6.45, 7) is 5.03. The first-order valence-electron chi connectivity index (χ1n) is 15.6. The zero-order valence-corrected chi connectivity index (χ0v) is 24.2. The molecule has 0 aliphatic heterocycles. The van der Waals surface area contributed by atoms with Crippen LogP contribution in [0.2, 0.25) is 0 Å². The van der Waals surface area contributed by atoms with Gasteiger partial charge < -0.3 is 4.74 Å². The lowest BCUT2D eigenvalue weighted by Crippen LogP contribution is -2.05. The van der Waals surface area contributed by atoms with E-state index in [1.165, 1.54) is 116 Å². The zero-order chi connectivity index (χ0) is 26.2. The Bertz CT molecular complexity index is 508. The van der Waals surface area contributed by atoms with Crippen LogP contribution >= 0.6 is 0 Å². The molecule has 0 amide bonds. The smallest absolute Gasteiger partial charge is 0.305 e. The van der Waals surface area contributed by atoms with Gasteiger partial charge in [-0.2, -0.15) is 0 Å². The van der Waals surface area contributed by atoms with Crippen molar-refractivity contribution < 1.29 is 9.53 Å². The van der Waals surface area contributed by atoms with Crippen LogP contribution in [-0.2, 0) is 9.53 Å². The molecule has 0 spiro atoms. The summed E-state index contributed by atoms with van der Waals surface area (Å²) in [6.07, 6.45) is 44.4. The number of esters is 1. The van der Waals surface area contributed by atoms with Crippen LogP contribution in [0.4, 0.5) is 0 Å². The maximum atomic E-state index is 11.9. The molecule has 0 aliphatic rings. The average Bonchev–Trinajstić information content (AvgIpc) is 2.88. The van der Waals surface area contributed by atoms with Gasteiger partial charge in [0.15, 0.2) is 0 Å². The molecule has 2 heteroatoms. The summed E-state index contributed by atoms with van der Waals surface area (Å²) in [7, 11) is 0. The summed E-state index contributed by atoms with van der Waals surface area (Å²) >= 11 is 0. The van der Waals surface area contributed by atoms with Gasteiger partial charge in [-0.05, 0) is 51.4 Å². The fourth-order valence-electron chi connectivity index (χ4n) is 4.13. The predicted octanol–water partition coefficient (Wildman–Crippen LogP) is 11.4. The van der Waals surface area contributed by atoms with Gasteiger partial charge in [-0.1, -0.05) is 146 Å². The zero-order valence-electron chi connectivity index (χ0n) is 24.2. The lowest BCUT2D eigenvalue weighted by molar-refractivity contribution is -0.143. The van der Waals surface area contributed by atoms with E-state index >= 15 is 0 Å². The van der Waals surface area contributed by atoms with Crippen LogP contribution in [0.5, 0.6) is 0 Å². The van der Waals surface area contributed by atoms with E-state index in [-0.39, 0.29) is 5.97 Å². The van der Waals surface area contributed by atoms with Crippen LogP contribution in [-0.4, -0.2) is 12.6 Å². The van der Waals surface area contributed by atoms with Crippen LogP contribution in [0.3, 0.4) is 0 Å². The van der Waals surface area contributed by atoms with Gasteiger partial charge in [0.2, 0.25) is 0 Å². The van der Waals surface area contributed by atoms with Crippen molar-refractivity contribution in [2.24, 2.45) is 0 Å². The Morgan fingerprint density at radius 3 is 1.28 bits per heavy atom. The minimum Gasteiger partial charge on any atom is -0.466 e. The fraction of sp³-hybridized carbons (Fsp3) is 0.735. The van der Waals surface area contributed by atoms with Gasteiger partial charge in [-0.25, -0.2) is 0 Å². The fourth-order valence-corrected chi connectivity index (χ4v) is 4.13. The molecule has 0 aliphatic carbocycles. The number of ether oxygens (including phenoxy) is 1. The third-order valence-corrected chi connectivity index (χ3v) is 6.46. The van der Waals surface area contributed by atoms with Gasteiger partial charge >= 0.3 is 5.97 Å². The summed E-state index contributed by atoms with van der Waals surface area (Å²) in [5.74, 6) is 0.00480. The van der Waals surface area contributed by atoms with E-state index in [9.17, 15) is 4.79 Å². The normalized spacial score (nSPS) is 12.2. The van der Waals surface area contributed by atoms with E-state index in [2.05, 4.69) is 62.5 Å². The lowest BCUT2D eigenvalue weighted by atomic mass is 10.1. The van der Waals surface area contributed by atoms with Crippen molar-refractivity contribution >= 4 is 5.97 Å². The van der Waals surface area contributed by atoms with Gasteiger partial charge in [0.1, 0.15) is 0 Å². The summed E-state index contributed by atoms with van der Waals surface area (Å²) in [6, 6.07) is 0. The van der Waals surface area contributed by atoms with Crippen LogP contribution in [0.25, 0.3) is 0 Å². The molecule has 208 valence electrons. The maximum absolute atomic E-state index is 11.9. The molecule has 0 aromatic heterocycles. The summed E-state index contributed by atoms with van der Waals surface area (Å²) in [4.78, 5) is 11.9. The molecule has 0 unspecified atom stereocenters. The van der Waals surface area contributed by atoms with E-state index in [1.807, 2.05) is 0 Å². The van der Waals surface area contributed by atoms with Crippen molar-refractivity contribution in [3.05, 3.63) is 48.6 Å². The largest absolute Gasteiger partial charge is 0.466 e. The molecule has 0 aromatic carbocycles. The molecule has 0 aromatic rings. The minimum absolute atomic E-state index is 0.00480. The van der Waals surface area contributed by atoms with Crippen molar-refractivity contribution in [2.45, 2.75) is 155 Å². The van der Waals surface area contributed by atoms with Gasteiger partial charge in [0, 0.05) is 6.42 Å². The highest BCUT2D eigenvalue weighted by Gasteiger charge is 2.02. The molecular formula is C34H60O2. The molecule has 0 saturated carbocycles. The van der Waals surface area contributed by atoms with Crippen LogP contribution in [0.15, 0.2) is 48.6 Å². The summed E-state index contributed by atoms with van der Waals surface area (Å²) in [5.41, 5.74) is 0. The van der Waals surface area contributed by atoms with Crippen molar-refractivity contribution in [1.29, 1.82) is 0 Å². The number of allylic oxidation sites excluding steroid dienone is 8. The van der Waals surface area contributed by atoms with Crippen LogP contribution in [0.1, 0.15) is 155 Å². The average molecular weight is 501 g/mol. The van der Waals surface area contributed by atoms with Crippen molar-refractivity contribution in [3.8, 4) is 0 Å². The predicted molar refractivity (Wildman–Crippen MR) is 160 cm³/mol. The highest BCUT2D eigenvalue weighted by molar-refractivity contribution is 5.69. The summed E-state index contributed by atoms with van der Waals surface area (Å²) in [5, 5.41) is 0. The van der Waals surface area contributed by atoms with Crippen molar-refractivity contribution in [1.82, 2.24) is 0 Å².